The summed E-state index contributed by atoms with van der Waals surface area (Å²) in [6, 6.07) is 48.3. The number of aryl methyl sites for hydroxylation is 1. The van der Waals surface area contributed by atoms with Crippen LogP contribution in [0.2, 0.25) is 0 Å². The summed E-state index contributed by atoms with van der Waals surface area (Å²) in [5.41, 5.74) is 16.6. The van der Waals surface area contributed by atoms with E-state index >= 15 is 0 Å². The second-order valence-corrected chi connectivity index (χ2v) is 13.2. The molecule has 52 heavy (non-hydrogen) atoms. The van der Waals surface area contributed by atoms with Crippen molar-refractivity contribution < 1.29 is 0 Å². The van der Waals surface area contributed by atoms with Gasteiger partial charge in [0.25, 0.3) is 0 Å². The van der Waals surface area contributed by atoms with Crippen molar-refractivity contribution in [2.45, 2.75) is 26.7 Å². The molecule has 2 heterocycles. The van der Waals surface area contributed by atoms with Gasteiger partial charge in [-0.05, 0) is 96.1 Å². The van der Waals surface area contributed by atoms with Crippen molar-refractivity contribution in [2.24, 2.45) is 0 Å². The smallest absolute Gasteiger partial charge is 0.0711 e. The zero-order valence-electron chi connectivity index (χ0n) is 30.3. The Morgan fingerprint density at radius 2 is 1.42 bits per heavy atom. The third-order valence-corrected chi connectivity index (χ3v) is 9.89. The monoisotopic (exact) mass is 675 g/mol. The zero-order chi connectivity index (χ0) is 35.9. The van der Waals surface area contributed by atoms with E-state index in [-0.39, 0.29) is 0 Å². The second kappa shape index (κ2) is 15.8. The fourth-order valence-electron chi connectivity index (χ4n) is 7.11. The normalized spacial score (nSPS) is 13.5. The van der Waals surface area contributed by atoms with Crippen LogP contribution in [0.15, 0.2) is 176 Å². The maximum Gasteiger partial charge on any atom is 0.0711 e. The SMILES string of the molecule is C=C/C=C\C=C/Cc1cc(-c2ccc(-c3cc(N(C)c4ccccc4C)cc(N4CC/C(=C\C)c5ccccc54)c3)cc2)cc(-c2ccccc2)n1. The molecule has 0 saturated heterocycles. The lowest BCUT2D eigenvalue weighted by atomic mass is 9.94. The van der Waals surface area contributed by atoms with Crippen molar-refractivity contribution >= 4 is 28.3 Å². The summed E-state index contributed by atoms with van der Waals surface area (Å²) in [5, 5.41) is 0. The van der Waals surface area contributed by atoms with Crippen LogP contribution in [0.1, 0.15) is 30.2 Å². The molecule has 6 aromatic rings. The van der Waals surface area contributed by atoms with E-state index in [0.29, 0.717) is 0 Å². The van der Waals surface area contributed by atoms with Gasteiger partial charge in [-0.1, -0.05) is 134 Å². The van der Waals surface area contributed by atoms with Crippen LogP contribution in [-0.2, 0) is 6.42 Å². The molecule has 1 aromatic heterocycles. The van der Waals surface area contributed by atoms with E-state index in [2.05, 4.69) is 177 Å². The summed E-state index contributed by atoms with van der Waals surface area (Å²) in [6.45, 7) is 9.02. The first-order valence-electron chi connectivity index (χ1n) is 18.1. The quantitative estimate of drug-likeness (QED) is 0.135. The standard InChI is InChI=1S/C49H45N3/c1-5-7-8-9-13-21-43-31-41(34-47(50-43)40-19-11-10-12-20-40)38-25-27-39(28-26-38)42-32-44(51(4)48-23-16-14-18-36(48)3)35-45(33-42)52-30-29-37(6-2)46-22-15-17-24-49(46)52/h5-20,22-28,31-35H,1,21,29-30H2,2-4H3/b8-7-,13-9-,37-6+. The number of para-hydroxylation sites is 2. The van der Waals surface area contributed by atoms with E-state index < -0.39 is 0 Å². The highest BCUT2D eigenvalue weighted by molar-refractivity contribution is 5.87. The highest BCUT2D eigenvalue weighted by atomic mass is 15.2. The molecule has 0 radical (unpaired) electrons. The van der Waals surface area contributed by atoms with Crippen LogP contribution in [-0.4, -0.2) is 18.6 Å². The number of anilines is 4. The molecule has 1 aliphatic rings. The number of allylic oxidation sites excluding steroid dienone is 6. The van der Waals surface area contributed by atoms with Crippen LogP contribution in [0.3, 0.4) is 0 Å². The van der Waals surface area contributed by atoms with Gasteiger partial charge in [-0.25, -0.2) is 0 Å². The Labute approximate surface area is 309 Å². The van der Waals surface area contributed by atoms with E-state index in [1.165, 1.54) is 44.9 Å². The minimum Gasteiger partial charge on any atom is -0.344 e. The van der Waals surface area contributed by atoms with Gasteiger partial charge in [0.15, 0.2) is 0 Å². The van der Waals surface area contributed by atoms with Crippen LogP contribution in [0.25, 0.3) is 39.1 Å². The number of rotatable bonds is 10. The van der Waals surface area contributed by atoms with Crippen LogP contribution >= 0.6 is 0 Å². The van der Waals surface area contributed by atoms with Crippen LogP contribution < -0.4 is 9.80 Å². The third-order valence-electron chi connectivity index (χ3n) is 9.89. The molecule has 0 saturated carbocycles. The molecule has 0 fully saturated rings. The lowest BCUT2D eigenvalue weighted by Crippen LogP contribution is -2.24. The van der Waals surface area contributed by atoms with Crippen molar-refractivity contribution in [3.8, 4) is 33.5 Å². The van der Waals surface area contributed by atoms with Crippen LogP contribution in [0, 0.1) is 6.92 Å². The predicted molar refractivity (Wildman–Crippen MR) is 224 cm³/mol. The topological polar surface area (TPSA) is 19.4 Å². The average molecular weight is 676 g/mol. The van der Waals surface area contributed by atoms with Gasteiger partial charge < -0.3 is 9.80 Å². The molecular weight excluding hydrogens is 631 g/mol. The summed E-state index contributed by atoms with van der Waals surface area (Å²) in [5.74, 6) is 0. The van der Waals surface area contributed by atoms with Gasteiger partial charge in [-0.15, -0.1) is 0 Å². The van der Waals surface area contributed by atoms with E-state index in [9.17, 15) is 0 Å². The van der Waals surface area contributed by atoms with Crippen molar-refractivity contribution in [3.63, 3.8) is 0 Å². The summed E-state index contributed by atoms with van der Waals surface area (Å²) in [4.78, 5) is 9.84. The Kier molecular flexibility index (Phi) is 10.4. The second-order valence-electron chi connectivity index (χ2n) is 13.2. The molecule has 3 nitrogen and oxygen atoms in total. The molecule has 0 aliphatic carbocycles. The first-order chi connectivity index (χ1) is 25.5. The molecule has 7 rings (SSSR count). The molecule has 0 N–H and O–H groups in total. The van der Waals surface area contributed by atoms with Gasteiger partial charge in [0.2, 0.25) is 0 Å². The Hall–Kier alpha value is -6.19. The predicted octanol–water partition coefficient (Wildman–Crippen LogP) is 12.9. The third kappa shape index (κ3) is 7.45. The lowest BCUT2D eigenvalue weighted by molar-refractivity contribution is 0.922. The maximum atomic E-state index is 5.04. The first-order valence-corrected chi connectivity index (χ1v) is 18.1. The van der Waals surface area contributed by atoms with Crippen LogP contribution in [0.4, 0.5) is 22.7 Å². The molecule has 0 amide bonds. The molecule has 0 spiro atoms. The van der Waals surface area contributed by atoms with Gasteiger partial charge in [0.05, 0.1) is 5.69 Å². The number of hydrogen-bond donors (Lipinski definition) is 0. The minimum atomic E-state index is 0.742. The highest BCUT2D eigenvalue weighted by Crippen LogP contribution is 2.42. The summed E-state index contributed by atoms with van der Waals surface area (Å²) in [6.07, 6.45) is 13.9. The van der Waals surface area contributed by atoms with Crippen LogP contribution in [0.5, 0.6) is 0 Å². The van der Waals surface area contributed by atoms with Gasteiger partial charge in [-0.2, -0.15) is 0 Å². The molecule has 3 heteroatoms. The minimum absolute atomic E-state index is 0.742. The lowest BCUT2D eigenvalue weighted by Gasteiger charge is -2.34. The molecule has 1 aliphatic heterocycles. The van der Waals surface area contributed by atoms with E-state index in [1.54, 1.807) is 6.08 Å². The number of benzene rings is 5. The van der Waals surface area contributed by atoms with E-state index in [1.807, 2.05) is 24.3 Å². The fraction of sp³-hybridized carbons (Fsp3) is 0.122. The molecule has 256 valence electrons. The highest BCUT2D eigenvalue weighted by Gasteiger charge is 2.22. The van der Waals surface area contributed by atoms with Gasteiger partial charge in [0, 0.05) is 59.6 Å². The van der Waals surface area contributed by atoms with E-state index in [4.69, 9.17) is 4.98 Å². The number of fused-ring (bicyclic) bond motifs is 1. The van der Waals surface area contributed by atoms with Gasteiger partial charge in [0.1, 0.15) is 0 Å². The molecule has 0 bridgehead atoms. The number of pyridine rings is 1. The number of aromatic nitrogens is 1. The fourth-order valence-corrected chi connectivity index (χ4v) is 7.11. The van der Waals surface area contributed by atoms with Crippen molar-refractivity contribution in [2.75, 3.05) is 23.4 Å². The van der Waals surface area contributed by atoms with Gasteiger partial charge in [-0.3, -0.25) is 4.98 Å². The van der Waals surface area contributed by atoms with E-state index in [0.717, 1.165) is 53.2 Å². The Bertz CT molecular complexity index is 2280. The first kappa shape index (κ1) is 34.3. The summed E-state index contributed by atoms with van der Waals surface area (Å²) in [7, 11) is 2.17. The largest absolute Gasteiger partial charge is 0.344 e. The molecule has 5 aromatic carbocycles. The molecule has 0 unspecified atom stereocenters. The Balaban J connectivity index is 1.29. The zero-order valence-corrected chi connectivity index (χ0v) is 30.3. The maximum absolute atomic E-state index is 5.04. The molecule has 0 atom stereocenters. The summed E-state index contributed by atoms with van der Waals surface area (Å²) < 4.78 is 0. The average Bonchev–Trinajstić information content (AvgIpc) is 3.20. The van der Waals surface area contributed by atoms with Crippen molar-refractivity contribution in [1.82, 2.24) is 4.98 Å². The summed E-state index contributed by atoms with van der Waals surface area (Å²) >= 11 is 0. The number of hydrogen-bond acceptors (Lipinski definition) is 3. The van der Waals surface area contributed by atoms with Crippen molar-refractivity contribution in [1.29, 1.82) is 0 Å². The Morgan fingerprint density at radius 3 is 2.17 bits per heavy atom. The number of nitrogens with zero attached hydrogens (tertiary/aromatic N) is 3. The van der Waals surface area contributed by atoms with Gasteiger partial charge >= 0.3 is 0 Å². The Morgan fingerprint density at radius 1 is 0.712 bits per heavy atom. The molecular formula is C49H45N3. The van der Waals surface area contributed by atoms with Crippen molar-refractivity contribution in [3.05, 3.63) is 193 Å².